The van der Waals surface area contributed by atoms with E-state index in [9.17, 15) is 13.2 Å². The molecule has 0 fully saturated rings. The van der Waals surface area contributed by atoms with Gasteiger partial charge in [-0.3, -0.25) is 8.98 Å². The molecule has 0 aromatic heterocycles. The summed E-state index contributed by atoms with van der Waals surface area (Å²) in [5.74, 6) is -2.02. The van der Waals surface area contributed by atoms with Crippen LogP contribution in [0.4, 0.5) is 0 Å². The van der Waals surface area contributed by atoms with Crippen LogP contribution >= 0.6 is 11.6 Å². The van der Waals surface area contributed by atoms with Crippen LogP contribution in [0.2, 0.25) is 5.02 Å². The second kappa shape index (κ2) is 6.17. The molecule has 1 N–H and O–H groups in total. The van der Waals surface area contributed by atoms with Crippen LogP contribution in [0.3, 0.4) is 0 Å². The van der Waals surface area contributed by atoms with Gasteiger partial charge in [-0.05, 0) is 24.1 Å². The van der Waals surface area contributed by atoms with Crippen molar-refractivity contribution in [3.63, 3.8) is 0 Å². The minimum absolute atomic E-state index is 0.183. The first-order chi connectivity index (χ1) is 8.28. The van der Waals surface area contributed by atoms with E-state index in [0.717, 1.165) is 11.8 Å². The van der Waals surface area contributed by atoms with Gasteiger partial charge in [0.05, 0.1) is 18.8 Å². The van der Waals surface area contributed by atoms with Gasteiger partial charge in [-0.15, -0.1) is 0 Å². The van der Waals surface area contributed by atoms with Crippen molar-refractivity contribution >= 4 is 27.7 Å². The van der Waals surface area contributed by atoms with E-state index in [-0.39, 0.29) is 13.0 Å². The summed E-state index contributed by atoms with van der Waals surface area (Å²) in [7, 11) is -3.64. The van der Waals surface area contributed by atoms with Gasteiger partial charge in [0, 0.05) is 5.02 Å². The summed E-state index contributed by atoms with van der Waals surface area (Å²) < 4.78 is 26.2. The zero-order valence-corrected chi connectivity index (χ0v) is 11.2. The average Bonchev–Trinajstić information content (AvgIpc) is 2.25. The molecule has 1 aromatic rings. The lowest BCUT2D eigenvalue weighted by Gasteiger charge is -2.11. The molecule has 100 valence electrons. The smallest absolute Gasteiger partial charge is 0.309 e. The number of halogens is 1. The van der Waals surface area contributed by atoms with Crippen molar-refractivity contribution in [1.29, 1.82) is 0 Å². The van der Waals surface area contributed by atoms with Crippen LogP contribution in [-0.4, -0.2) is 32.4 Å². The van der Waals surface area contributed by atoms with Gasteiger partial charge in [-0.25, -0.2) is 0 Å². The highest BCUT2D eigenvalue weighted by Crippen LogP contribution is 2.14. The van der Waals surface area contributed by atoms with Crippen molar-refractivity contribution in [3.8, 4) is 0 Å². The SMILES string of the molecule is CS(=O)(=O)OCC(Cc1ccc(Cl)cc1)C(=O)O. The largest absolute Gasteiger partial charge is 0.481 e. The van der Waals surface area contributed by atoms with Crippen molar-refractivity contribution in [2.45, 2.75) is 6.42 Å². The highest BCUT2D eigenvalue weighted by molar-refractivity contribution is 7.85. The number of carboxylic acids is 1. The van der Waals surface area contributed by atoms with Crippen LogP contribution in [0.1, 0.15) is 5.56 Å². The van der Waals surface area contributed by atoms with Gasteiger partial charge in [0.2, 0.25) is 0 Å². The number of carboxylic acid groups (broad SMARTS) is 1. The Balaban J connectivity index is 2.69. The van der Waals surface area contributed by atoms with E-state index in [1.165, 1.54) is 0 Å². The van der Waals surface area contributed by atoms with Gasteiger partial charge in [0.15, 0.2) is 0 Å². The lowest BCUT2D eigenvalue weighted by molar-refractivity contribution is -0.142. The molecule has 0 radical (unpaired) electrons. The molecule has 0 bridgehead atoms. The third-order valence-electron chi connectivity index (χ3n) is 2.23. The van der Waals surface area contributed by atoms with Crippen LogP contribution in [0.25, 0.3) is 0 Å². The monoisotopic (exact) mass is 292 g/mol. The van der Waals surface area contributed by atoms with Crippen LogP contribution in [0.15, 0.2) is 24.3 Å². The van der Waals surface area contributed by atoms with E-state index in [1.807, 2.05) is 0 Å². The molecule has 0 spiro atoms. The van der Waals surface area contributed by atoms with E-state index >= 15 is 0 Å². The van der Waals surface area contributed by atoms with Crippen LogP contribution < -0.4 is 0 Å². The maximum absolute atomic E-state index is 11.0. The fourth-order valence-electron chi connectivity index (χ4n) is 1.33. The summed E-state index contributed by atoms with van der Waals surface area (Å²) in [6, 6.07) is 6.68. The number of benzene rings is 1. The third-order valence-corrected chi connectivity index (χ3v) is 3.04. The molecule has 0 amide bonds. The minimum atomic E-state index is -3.64. The molecule has 5 nitrogen and oxygen atoms in total. The first-order valence-electron chi connectivity index (χ1n) is 5.09. The first kappa shape index (κ1) is 14.9. The van der Waals surface area contributed by atoms with Crippen molar-refractivity contribution < 1.29 is 22.5 Å². The summed E-state index contributed by atoms with van der Waals surface area (Å²) in [5.41, 5.74) is 0.754. The summed E-state index contributed by atoms with van der Waals surface area (Å²) in [6.45, 7) is -0.378. The number of hydrogen-bond donors (Lipinski definition) is 1. The quantitative estimate of drug-likeness (QED) is 0.805. The highest BCUT2D eigenvalue weighted by atomic mass is 35.5. The molecular formula is C11H13ClO5S. The fourth-order valence-corrected chi connectivity index (χ4v) is 1.87. The Bertz CT molecular complexity index is 509. The van der Waals surface area contributed by atoms with E-state index in [0.29, 0.717) is 5.02 Å². The summed E-state index contributed by atoms with van der Waals surface area (Å²) >= 11 is 5.71. The fraction of sp³-hybridized carbons (Fsp3) is 0.364. The molecule has 0 saturated heterocycles. The Morgan fingerprint density at radius 1 is 1.39 bits per heavy atom. The van der Waals surface area contributed by atoms with E-state index in [4.69, 9.17) is 16.7 Å². The normalized spacial score (nSPS) is 13.2. The number of hydrogen-bond acceptors (Lipinski definition) is 4. The van der Waals surface area contributed by atoms with E-state index in [1.54, 1.807) is 24.3 Å². The molecule has 1 aromatic carbocycles. The van der Waals surface area contributed by atoms with Gasteiger partial charge in [0.1, 0.15) is 0 Å². The average molecular weight is 293 g/mol. The van der Waals surface area contributed by atoms with E-state index < -0.39 is 22.0 Å². The molecule has 0 aliphatic rings. The molecule has 18 heavy (non-hydrogen) atoms. The topological polar surface area (TPSA) is 80.7 Å². The van der Waals surface area contributed by atoms with Crippen molar-refractivity contribution in [3.05, 3.63) is 34.9 Å². The molecule has 1 unspecified atom stereocenters. The number of rotatable bonds is 6. The van der Waals surface area contributed by atoms with Crippen molar-refractivity contribution in [2.24, 2.45) is 5.92 Å². The molecule has 0 aliphatic carbocycles. The van der Waals surface area contributed by atoms with Crippen LogP contribution in [0.5, 0.6) is 0 Å². The highest BCUT2D eigenvalue weighted by Gasteiger charge is 2.20. The van der Waals surface area contributed by atoms with Gasteiger partial charge in [0.25, 0.3) is 10.1 Å². The maximum Gasteiger partial charge on any atom is 0.309 e. The molecule has 0 saturated carbocycles. The Labute approximate surface area is 110 Å². The van der Waals surface area contributed by atoms with Gasteiger partial charge < -0.3 is 5.11 Å². The zero-order chi connectivity index (χ0) is 13.8. The Hall–Kier alpha value is -1.11. The zero-order valence-electron chi connectivity index (χ0n) is 9.67. The van der Waals surface area contributed by atoms with Crippen molar-refractivity contribution in [2.75, 3.05) is 12.9 Å². The molecular weight excluding hydrogens is 280 g/mol. The summed E-state index contributed by atoms with van der Waals surface area (Å²) in [5, 5.41) is 9.54. The maximum atomic E-state index is 11.0. The predicted molar refractivity (Wildman–Crippen MR) is 67.1 cm³/mol. The van der Waals surface area contributed by atoms with Crippen molar-refractivity contribution in [1.82, 2.24) is 0 Å². The first-order valence-corrected chi connectivity index (χ1v) is 7.29. The van der Waals surface area contributed by atoms with Gasteiger partial charge >= 0.3 is 5.97 Å². The number of aliphatic carboxylic acids is 1. The molecule has 0 aliphatic heterocycles. The standard InChI is InChI=1S/C11H13ClO5S/c1-18(15,16)17-7-9(11(13)14)6-8-2-4-10(12)5-3-8/h2-5,9H,6-7H2,1H3,(H,13,14). The Morgan fingerprint density at radius 2 is 1.94 bits per heavy atom. The van der Waals surface area contributed by atoms with E-state index in [2.05, 4.69) is 4.18 Å². The van der Waals surface area contributed by atoms with Gasteiger partial charge in [-0.2, -0.15) is 8.42 Å². The molecule has 0 heterocycles. The minimum Gasteiger partial charge on any atom is -0.481 e. The van der Waals surface area contributed by atoms with Gasteiger partial charge in [-0.1, -0.05) is 23.7 Å². The second-order valence-corrected chi connectivity index (χ2v) is 5.93. The number of carbonyl (C=O) groups is 1. The van der Waals surface area contributed by atoms with Crippen LogP contribution in [-0.2, 0) is 25.5 Å². The molecule has 1 rings (SSSR count). The second-order valence-electron chi connectivity index (χ2n) is 3.85. The Morgan fingerprint density at radius 3 is 2.39 bits per heavy atom. The third kappa shape index (κ3) is 5.48. The predicted octanol–water partition coefficient (Wildman–Crippen LogP) is 1.56. The Kier molecular flexibility index (Phi) is 5.13. The van der Waals surface area contributed by atoms with Crippen LogP contribution in [0, 0.1) is 5.92 Å². The lowest BCUT2D eigenvalue weighted by Crippen LogP contribution is -2.23. The molecule has 7 heteroatoms. The summed E-state index contributed by atoms with van der Waals surface area (Å²) in [4.78, 5) is 11.0. The molecule has 1 atom stereocenters. The summed E-state index contributed by atoms with van der Waals surface area (Å²) in [6.07, 6.45) is 1.07. The lowest BCUT2D eigenvalue weighted by atomic mass is 10.0.